The number of nitrogens with one attached hydrogen (secondary N) is 1. The number of primary amides is 1. The molecule has 1 aliphatic heterocycles. The molecule has 1 aromatic heterocycles. The van der Waals surface area contributed by atoms with Crippen LogP contribution < -0.4 is 20.5 Å². The van der Waals surface area contributed by atoms with Gasteiger partial charge in [0, 0.05) is 17.4 Å². The van der Waals surface area contributed by atoms with Gasteiger partial charge in [0.2, 0.25) is 5.91 Å². The van der Waals surface area contributed by atoms with Crippen LogP contribution >= 0.6 is 11.8 Å². The molecule has 0 bridgehead atoms. The Labute approximate surface area is 163 Å². The van der Waals surface area contributed by atoms with Crippen molar-refractivity contribution in [2.75, 3.05) is 11.1 Å². The summed E-state index contributed by atoms with van der Waals surface area (Å²) in [7, 11) is 0. The SMILES string of the molecule is Cc1nc(SCC(=O)Nc2ccc3c(c2)OC(F)(F)O3)c(C(N)=O)c(C)c1C. The van der Waals surface area contributed by atoms with E-state index in [1.807, 2.05) is 6.92 Å². The third kappa shape index (κ3) is 4.01. The number of aryl methyl sites for hydroxylation is 1. The van der Waals surface area contributed by atoms with Gasteiger partial charge in [-0.2, -0.15) is 0 Å². The van der Waals surface area contributed by atoms with E-state index in [2.05, 4.69) is 19.8 Å². The predicted molar refractivity (Wildman–Crippen MR) is 99.0 cm³/mol. The molecule has 7 nitrogen and oxygen atoms in total. The smallest absolute Gasteiger partial charge is 0.395 e. The molecular formula is C18H17F2N3O4S. The summed E-state index contributed by atoms with van der Waals surface area (Å²) < 4.78 is 34.8. The van der Waals surface area contributed by atoms with Crippen LogP contribution in [0.2, 0.25) is 0 Å². The Morgan fingerprint density at radius 3 is 2.54 bits per heavy atom. The molecule has 148 valence electrons. The number of pyridine rings is 1. The molecule has 0 radical (unpaired) electrons. The van der Waals surface area contributed by atoms with Crippen molar-refractivity contribution in [1.82, 2.24) is 4.98 Å². The highest BCUT2D eigenvalue weighted by Crippen LogP contribution is 2.42. The summed E-state index contributed by atoms with van der Waals surface area (Å²) >= 11 is 1.07. The lowest BCUT2D eigenvalue weighted by Crippen LogP contribution is -2.25. The Kier molecular flexibility index (Phi) is 5.16. The molecule has 1 aliphatic rings. The van der Waals surface area contributed by atoms with E-state index in [-0.39, 0.29) is 28.5 Å². The van der Waals surface area contributed by atoms with E-state index in [1.54, 1.807) is 13.8 Å². The van der Waals surface area contributed by atoms with Crippen molar-refractivity contribution in [3.8, 4) is 11.5 Å². The molecule has 0 spiro atoms. The number of benzene rings is 1. The molecular weight excluding hydrogens is 392 g/mol. The third-order valence-corrected chi connectivity index (χ3v) is 5.21. The third-order valence-electron chi connectivity index (χ3n) is 4.23. The molecule has 3 rings (SSSR count). The van der Waals surface area contributed by atoms with Crippen molar-refractivity contribution in [3.63, 3.8) is 0 Å². The molecule has 2 aromatic rings. The number of nitrogens with two attached hydrogens (primary N) is 1. The average molecular weight is 409 g/mol. The maximum absolute atomic E-state index is 13.1. The van der Waals surface area contributed by atoms with E-state index in [1.165, 1.54) is 18.2 Å². The van der Waals surface area contributed by atoms with E-state index in [4.69, 9.17) is 5.73 Å². The first-order valence-electron chi connectivity index (χ1n) is 8.17. The molecule has 2 amide bonds. The largest absolute Gasteiger partial charge is 0.586 e. The Bertz CT molecular complexity index is 982. The van der Waals surface area contributed by atoms with Gasteiger partial charge in [-0.25, -0.2) is 4.98 Å². The summed E-state index contributed by atoms with van der Waals surface area (Å²) in [5, 5.41) is 2.94. The van der Waals surface area contributed by atoms with Gasteiger partial charge in [-0.3, -0.25) is 9.59 Å². The highest BCUT2D eigenvalue weighted by molar-refractivity contribution is 8.00. The number of halogens is 2. The quantitative estimate of drug-likeness (QED) is 0.736. The highest BCUT2D eigenvalue weighted by Gasteiger charge is 2.43. The van der Waals surface area contributed by atoms with Gasteiger partial charge in [0.1, 0.15) is 5.03 Å². The van der Waals surface area contributed by atoms with Crippen molar-refractivity contribution >= 4 is 29.3 Å². The minimum Gasteiger partial charge on any atom is -0.395 e. The lowest BCUT2D eigenvalue weighted by atomic mass is 10.0. The molecule has 28 heavy (non-hydrogen) atoms. The number of hydrogen-bond acceptors (Lipinski definition) is 6. The van der Waals surface area contributed by atoms with E-state index in [0.717, 1.165) is 28.6 Å². The zero-order chi connectivity index (χ0) is 20.6. The number of anilines is 1. The molecule has 1 aromatic carbocycles. The summed E-state index contributed by atoms with van der Waals surface area (Å²) in [5.74, 6) is -1.37. The van der Waals surface area contributed by atoms with Crippen LogP contribution in [-0.2, 0) is 4.79 Å². The van der Waals surface area contributed by atoms with Crippen molar-refractivity contribution in [2.24, 2.45) is 5.73 Å². The molecule has 3 N–H and O–H groups in total. The fourth-order valence-electron chi connectivity index (χ4n) is 2.66. The molecule has 0 saturated carbocycles. The second kappa shape index (κ2) is 7.27. The van der Waals surface area contributed by atoms with Gasteiger partial charge in [0.15, 0.2) is 11.5 Å². The van der Waals surface area contributed by atoms with Crippen LogP contribution in [0.3, 0.4) is 0 Å². The first-order chi connectivity index (χ1) is 13.1. The van der Waals surface area contributed by atoms with Gasteiger partial charge in [-0.1, -0.05) is 11.8 Å². The van der Waals surface area contributed by atoms with Crippen molar-refractivity contribution < 1.29 is 27.8 Å². The number of thioether (sulfide) groups is 1. The van der Waals surface area contributed by atoms with Crippen LogP contribution in [0.1, 0.15) is 27.2 Å². The van der Waals surface area contributed by atoms with Crippen LogP contribution in [0, 0.1) is 20.8 Å². The van der Waals surface area contributed by atoms with E-state index < -0.39 is 18.1 Å². The number of carbonyl (C=O) groups is 2. The summed E-state index contributed by atoms with van der Waals surface area (Å²) in [6, 6.07) is 3.93. The minimum atomic E-state index is -3.72. The maximum atomic E-state index is 13.1. The van der Waals surface area contributed by atoms with Gasteiger partial charge in [-0.05, 0) is 44.0 Å². The number of alkyl halides is 2. The monoisotopic (exact) mass is 409 g/mol. The van der Waals surface area contributed by atoms with Crippen LogP contribution in [0.25, 0.3) is 0 Å². The Morgan fingerprint density at radius 2 is 1.86 bits per heavy atom. The van der Waals surface area contributed by atoms with E-state index in [0.29, 0.717) is 5.03 Å². The Hall–Kier alpha value is -2.88. The number of ether oxygens (including phenoxy) is 2. The summed E-state index contributed by atoms with van der Waals surface area (Å²) in [4.78, 5) is 28.4. The fraction of sp³-hybridized carbons (Fsp3) is 0.278. The average Bonchev–Trinajstić information content (AvgIpc) is 2.90. The van der Waals surface area contributed by atoms with Gasteiger partial charge in [0.25, 0.3) is 5.91 Å². The fourth-order valence-corrected chi connectivity index (χ4v) is 3.60. The van der Waals surface area contributed by atoms with Gasteiger partial charge in [-0.15, -0.1) is 8.78 Å². The molecule has 0 atom stereocenters. The van der Waals surface area contributed by atoms with Crippen LogP contribution in [0.5, 0.6) is 11.5 Å². The number of amides is 2. The van der Waals surface area contributed by atoms with Gasteiger partial charge >= 0.3 is 6.29 Å². The lowest BCUT2D eigenvalue weighted by molar-refractivity contribution is -0.286. The number of nitrogens with zero attached hydrogens (tertiary/aromatic N) is 1. The highest BCUT2D eigenvalue weighted by atomic mass is 32.2. The topological polar surface area (TPSA) is 104 Å². The lowest BCUT2D eigenvalue weighted by Gasteiger charge is -2.13. The number of fused-ring (bicyclic) bond motifs is 1. The second-order valence-electron chi connectivity index (χ2n) is 6.16. The van der Waals surface area contributed by atoms with Crippen molar-refractivity contribution in [1.29, 1.82) is 0 Å². The van der Waals surface area contributed by atoms with E-state index >= 15 is 0 Å². The Morgan fingerprint density at radius 1 is 1.18 bits per heavy atom. The van der Waals surface area contributed by atoms with Crippen LogP contribution in [0.4, 0.5) is 14.5 Å². The zero-order valence-corrected chi connectivity index (χ0v) is 16.1. The first-order valence-corrected chi connectivity index (χ1v) is 9.16. The van der Waals surface area contributed by atoms with E-state index in [9.17, 15) is 18.4 Å². The summed E-state index contributed by atoms with van der Waals surface area (Å²) in [5.41, 5.74) is 8.33. The van der Waals surface area contributed by atoms with Crippen LogP contribution in [-0.4, -0.2) is 28.8 Å². The van der Waals surface area contributed by atoms with Crippen molar-refractivity contribution in [2.45, 2.75) is 32.1 Å². The maximum Gasteiger partial charge on any atom is 0.586 e. The molecule has 0 aliphatic carbocycles. The molecule has 10 heteroatoms. The number of carbonyl (C=O) groups excluding carboxylic acids is 2. The van der Waals surface area contributed by atoms with Crippen molar-refractivity contribution in [3.05, 3.63) is 40.6 Å². The number of rotatable bonds is 5. The normalized spacial score (nSPS) is 14.0. The minimum absolute atomic E-state index is 0.0557. The van der Waals surface area contributed by atoms with Gasteiger partial charge < -0.3 is 20.5 Å². The first kappa shape index (κ1) is 19.9. The van der Waals surface area contributed by atoms with Crippen LogP contribution in [0.15, 0.2) is 23.2 Å². The molecule has 0 saturated heterocycles. The number of hydrogen-bond donors (Lipinski definition) is 2. The summed E-state index contributed by atoms with van der Waals surface area (Å²) in [6.45, 7) is 5.42. The Balaban J connectivity index is 1.70. The summed E-state index contributed by atoms with van der Waals surface area (Å²) in [6.07, 6.45) is -3.72. The second-order valence-corrected chi connectivity index (χ2v) is 7.12. The molecule has 2 heterocycles. The zero-order valence-electron chi connectivity index (χ0n) is 15.3. The standard InChI is InChI=1S/C18H17F2N3O4S/c1-8-9(2)15(16(21)25)17(22-10(8)3)28-7-14(24)23-11-4-5-12-13(6-11)27-18(19,20)26-12/h4-6H,7H2,1-3H3,(H2,21,25)(H,23,24). The molecule has 0 unspecified atom stereocenters. The predicted octanol–water partition coefficient (Wildman–Crippen LogP) is 3.16. The molecule has 0 fully saturated rings. The van der Waals surface area contributed by atoms with Gasteiger partial charge in [0.05, 0.1) is 11.3 Å². The number of aromatic nitrogens is 1.